The van der Waals surface area contributed by atoms with E-state index in [-0.39, 0.29) is 19.8 Å². The number of fused-ring (bicyclic) bond motifs is 1. The van der Waals surface area contributed by atoms with E-state index < -0.39 is 0 Å². The molecule has 1 aromatic carbocycles. The molecule has 19 heavy (non-hydrogen) atoms. The molecule has 0 aliphatic rings. The minimum absolute atomic E-state index is 0. The van der Waals surface area contributed by atoms with E-state index in [1.165, 1.54) is 11.3 Å². The second-order valence-electron chi connectivity index (χ2n) is 3.70. The molecule has 0 radical (unpaired) electrons. The summed E-state index contributed by atoms with van der Waals surface area (Å²) in [6, 6.07) is 12.9. The number of hydrogen-bond donors (Lipinski definition) is 0. The molecule has 2 heterocycles. The number of pyridine rings is 1. The molecule has 5 heteroatoms. The third-order valence-corrected chi connectivity index (χ3v) is 3.37. The van der Waals surface area contributed by atoms with Gasteiger partial charge in [0.05, 0.1) is 0 Å². The molecule has 0 aliphatic heterocycles. The smallest absolute Gasteiger partial charge is 1.00 e. The van der Waals surface area contributed by atoms with Crippen LogP contribution in [0.5, 0.6) is 5.75 Å². The van der Waals surface area contributed by atoms with E-state index >= 15 is 0 Å². The molecule has 0 saturated carbocycles. The molecular weight excluding hydrogens is 282 g/mol. The van der Waals surface area contributed by atoms with E-state index in [1.807, 2.05) is 35.7 Å². The first-order valence-corrected chi connectivity index (χ1v) is 6.32. The summed E-state index contributed by atoms with van der Waals surface area (Å²) in [6.07, 6.45) is 1.69. The van der Waals surface area contributed by atoms with Crippen LogP contribution < -0.4 is 17.1 Å². The van der Waals surface area contributed by atoms with Gasteiger partial charge in [-0.2, -0.15) is 0 Å². The van der Waals surface area contributed by atoms with Crippen molar-refractivity contribution in [1.82, 2.24) is 4.98 Å². The van der Waals surface area contributed by atoms with Gasteiger partial charge >= 0.3 is 7.40 Å². The van der Waals surface area contributed by atoms with Gasteiger partial charge in [0, 0.05) is 11.6 Å². The van der Waals surface area contributed by atoms with Crippen molar-refractivity contribution in [3.05, 3.63) is 58.9 Å². The predicted octanol–water partition coefficient (Wildman–Crippen LogP) is 0.632. The standard InChI is InChI=1S/C14H9NO2S.ClH/c16-14(12-7-3-9-18-12)17-11-6-1-4-10-5-2-8-15-13(10)11;/h1-9H;1H. The number of carbonyl (C=O) groups is 1. The predicted molar refractivity (Wildman–Crippen MR) is 72.1 cm³/mol. The number of nitrogens with zero attached hydrogens (tertiary/aromatic N) is 1. The summed E-state index contributed by atoms with van der Waals surface area (Å²) in [5.41, 5.74) is 0.699. The van der Waals surface area contributed by atoms with E-state index in [1.54, 1.807) is 18.3 Å². The number of para-hydroxylation sites is 1. The third-order valence-electron chi connectivity index (χ3n) is 2.52. The molecule has 2 aromatic heterocycles. The SMILES string of the molecule is O=C(Oc1cccc2cccnc12)c1cccs1.[Cl-].[H+]. The van der Waals surface area contributed by atoms with Crippen LogP contribution in [0.2, 0.25) is 0 Å². The number of thiophene rings is 1. The Balaban J connectivity index is 0.000001000. The molecule has 0 spiro atoms. The van der Waals surface area contributed by atoms with Crippen LogP contribution in [0.15, 0.2) is 54.0 Å². The topological polar surface area (TPSA) is 39.2 Å². The highest BCUT2D eigenvalue weighted by Gasteiger charge is 2.11. The van der Waals surface area contributed by atoms with Gasteiger partial charge in [-0.25, -0.2) is 4.79 Å². The van der Waals surface area contributed by atoms with Crippen LogP contribution in [0.3, 0.4) is 0 Å². The number of ether oxygens (including phenoxy) is 1. The summed E-state index contributed by atoms with van der Waals surface area (Å²) in [6.45, 7) is 0. The maximum Gasteiger partial charge on any atom is 1.00 e. The highest BCUT2D eigenvalue weighted by atomic mass is 35.5. The summed E-state index contributed by atoms with van der Waals surface area (Å²) in [5.74, 6) is 0.148. The Hall–Kier alpha value is -1.91. The number of carbonyl (C=O) groups excluding carboxylic acids is 1. The summed E-state index contributed by atoms with van der Waals surface area (Å²) in [4.78, 5) is 16.7. The molecule has 3 nitrogen and oxygen atoms in total. The first-order valence-electron chi connectivity index (χ1n) is 5.44. The molecule has 0 unspecified atom stereocenters. The maximum atomic E-state index is 11.9. The van der Waals surface area contributed by atoms with Crippen LogP contribution in [0.25, 0.3) is 10.9 Å². The lowest BCUT2D eigenvalue weighted by molar-refractivity contribution is -0.0000163. The zero-order valence-corrected chi connectivity index (χ0v) is 11.3. The van der Waals surface area contributed by atoms with Crippen LogP contribution in [0, 0.1) is 0 Å². The molecule has 0 bridgehead atoms. The van der Waals surface area contributed by atoms with Gasteiger partial charge in [-0.15, -0.1) is 11.3 Å². The van der Waals surface area contributed by atoms with Gasteiger partial charge in [0.25, 0.3) is 0 Å². The third kappa shape index (κ3) is 2.75. The minimum atomic E-state index is -0.344. The van der Waals surface area contributed by atoms with Crippen molar-refractivity contribution in [3.8, 4) is 5.75 Å². The number of hydrogen-bond acceptors (Lipinski definition) is 4. The van der Waals surface area contributed by atoms with E-state index in [4.69, 9.17) is 4.74 Å². The van der Waals surface area contributed by atoms with Gasteiger partial charge in [-0.1, -0.05) is 24.3 Å². The summed E-state index contributed by atoms with van der Waals surface area (Å²) < 4.78 is 5.38. The minimum Gasteiger partial charge on any atom is -1.00 e. The van der Waals surface area contributed by atoms with E-state index in [0.717, 1.165) is 5.39 Å². The van der Waals surface area contributed by atoms with Gasteiger partial charge in [-0.05, 0) is 23.6 Å². The van der Waals surface area contributed by atoms with Crippen LogP contribution in [-0.4, -0.2) is 11.0 Å². The van der Waals surface area contributed by atoms with Gasteiger partial charge in [0.1, 0.15) is 10.4 Å². The summed E-state index contributed by atoms with van der Waals surface area (Å²) in [5, 5.41) is 2.80. The Kier molecular flexibility index (Phi) is 4.14. The fourth-order valence-electron chi connectivity index (χ4n) is 1.70. The monoisotopic (exact) mass is 291 g/mol. The summed E-state index contributed by atoms with van der Waals surface area (Å²) in [7, 11) is 0. The van der Waals surface area contributed by atoms with Crippen LogP contribution in [0.1, 0.15) is 11.1 Å². The van der Waals surface area contributed by atoms with Gasteiger partial charge in [0.15, 0.2) is 5.75 Å². The molecule has 3 aromatic rings. The fraction of sp³-hybridized carbons (Fsp3) is 0. The molecule has 0 atom stereocenters. The van der Waals surface area contributed by atoms with Gasteiger partial charge in [-0.3, -0.25) is 4.98 Å². The molecule has 0 aliphatic carbocycles. The number of halogens is 1. The van der Waals surface area contributed by atoms with Crippen LogP contribution >= 0.6 is 11.3 Å². The molecule has 0 saturated heterocycles. The van der Waals surface area contributed by atoms with E-state index in [0.29, 0.717) is 16.1 Å². The lowest BCUT2D eigenvalue weighted by Crippen LogP contribution is -3.00. The second-order valence-corrected chi connectivity index (χ2v) is 4.65. The zero-order chi connectivity index (χ0) is 12.4. The normalized spacial score (nSPS) is 9.89. The zero-order valence-electron chi connectivity index (χ0n) is 10.7. The second kappa shape index (κ2) is 5.82. The van der Waals surface area contributed by atoms with Crippen molar-refractivity contribution in [3.63, 3.8) is 0 Å². The Morgan fingerprint density at radius 3 is 2.79 bits per heavy atom. The maximum absolute atomic E-state index is 11.9. The van der Waals surface area contributed by atoms with Crippen molar-refractivity contribution in [2.45, 2.75) is 0 Å². The average Bonchev–Trinajstić information content (AvgIpc) is 2.93. The Labute approximate surface area is 121 Å². The van der Waals surface area contributed by atoms with Crippen molar-refractivity contribution >= 4 is 28.2 Å². The quantitative estimate of drug-likeness (QED) is 0.514. The first-order chi connectivity index (χ1) is 8.84. The van der Waals surface area contributed by atoms with Crippen molar-refractivity contribution in [1.29, 1.82) is 0 Å². The molecule has 0 fully saturated rings. The van der Waals surface area contributed by atoms with Gasteiger partial charge in [0.2, 0.25) is 0 Å². The van der Waals surface area contributed by atoms with Crippen molar-refractivity contribution in [2.24, 2.45) is 0 Å². The Morgan fingerprint density at radius 1 is 1.16 bits per heavy atom. The Morgan fingerprint density at radius 2 is 2.00 bits per heavy atom. The highest BCUT2D eigenvalue weighted by molar-refractivity contribution is 7.12. The van der Waals surface area contributed by atoms with Crippen molar-refractivity contribution in [2.75, 3.05) is 0 Å². The summed E-state index contributed by atoms with van der Waals surface area (Å²) >= 11 is 1.36. The molecular formula is C14H10ClNO2S. The highest BCUT2D eigenvalue weighted by Crippen LogP contribution is 2.24. The van der Waals surface area contributed by atoms with Gasteiger partial charge < -0.3 is 17.1 Å². The Bertz CT molecular complexity index is 698. The first kappa shape index (κ1) is 13.5. The lowest BCUT2D eigenvalue weighted by Gasteiger charge is -2.05. The number of aromatic nitrogens is 1. The van der Waals surface area contributed by atoms with Crippen LogP contribution in [-0.2, 0) is 0 Å². The molecule has 0 N–H and O–H groups in total. The fourth-order valence-corrected chi connectivity index (χ4v) is 2.30. The van der Waals surface area contributed by atoms with E-state index in [9.17, 15) is 4.79 Å². The number of benzene rings is 1. The largest absolute Gasteiger partial charge is 1.00 e. The lowest BCUT2D eigenvalue weighted by atomic mass is 10.2. The number of rotatable bonds is 2. The molecule has 0 amide bonds. The molecule has 3 rings (SSSR count). The molecule has 96 valence electrons. The number of esters is 1. The average molecular weight is 292 g/mol. The van der Waals surface area contributed by atoms with Crippen LogP contribution in [0.4, 0.5) is 0 Å². The van der Waals surface area contributed by atoms with Crippen molar-refractivity contribution < 1.29 is 23.4 Å². The van der Waals surface area contributed by atoms with E-state index in [2.05, 4.69) is 4.98 Å².